The predicted molar refractivity (Wildman–Crippen MR) is 113 cm³/mol. The monoisotopic (exact) mass is 462 g/mol. The maximum atomic E-state index is 14.9. The van der Waals surface area contributed by atoms with Crippen LogP contribution in [0.1, 0.15) is 42.8 Å². The number of nitrogens with zero attached hydrogens (tertiary/aromatic N) is 3. The number of anilines is 1. The molecule has 0 spiro atoms. The number of fused-ring (bicyclic) bond motifs is 1. The lowest BCUT2D eigenvalue weighted by atomic mass is 10.00. The van der Waals surface area contributed by atoms with E-state index in [1.807, 2.05) is 0 Å². The van der Waals surface area contributed by atoms with Gasteiger partial charge in [-0.1, -0.05) is 24.1 Å². The van der Waals surface area contributed by atoms with E-state index in [0.717, 1.165) is 16.7 Å². The van der Waals surface area contributed by atoms with E-state index in [9.17, 15) is 26.7 Å². The van der Waals surface area contributed by atoms with Gasteiger partial charge in [-0.05, 0) is 19.8 Å². The van der Waals surface area contributed by atoms with Crippen LogP contribution in [-0.2, 0) is 11.5 Å². The summed E-state index contributed by atoms with van der Waals surface area (Å²) in [6, 6.07) is 3.41. The van der Waals surface area contributed by atoms with Crippen LogP contribution in [0, 0.1) is 25.1 Å². The molecule has 2 aromatic heterocycles. The topological polar surface area (TPSA) is 59.8 Å². The van der Waals surface area contributed by atoms with Crippen molar-refractivity contribution in [2.75, 3.05) is 5.32 Å². The van der Waals surface area contributed by atoms with Crippen LogP contribution in [0.3, 0.4) is 0 Å². The highest BCUT2D eigenvalue weighted by atomic mass is 19.3. The fourth-order valence-electron chi connectivity index (χ4n) is 3.83. The van der Waals surface area contributed by atoms with E-state index in [2.05, 4.69) is 21.2 Å². The zero-order valence-corrected chi connectivity index (χ0v) is 17.7. The Hall–Kier alpha value is -3.48. The van der Waals surface area contributed by atoms with Crippen molar-refractivity contribution >= 4 is 16.7 Å². The summed E-state index contributed by atoms with van der Waals surface area (Å²) in [7, 11) is 0. The zero-order chi connectivity index (χ0) is 24.1. The first-order chi connectivity index (χ1) is 15.5. The third kappa shape index (κ3) is 3.92. The molecule has 0 bridgehead atoms. The molecule has 5 nitrogen and oxygen atoms in total. The van der Waals surface area contributed by atoms with E-state index in [-0.39, 0.29) is 41.0 Å². The molecule has 2 heterocycles. The molecule has 0 amide bonds. The highest BCUT2D eigenvalue weighted by Gasteiger charge is 2.53. The minimum atomic E-state index is -3.43. The summed E-state index contributed by atoms with van der Waals surface area (Å²) in [6.45, 7) is 2.12. The van der Waals surface area contributed by atoms with Gasteiger partial charge in [-0.3, -0.25) is 4.79 Å². The second-order valence-corrected chi connectivity index (χ2v) is 8.15. The first-order valence-electron chi connectivity index (χ1n) is 10.1. The molecular formula is C23H19F5N4O. The Kier molecular flexibility index (Phi) is 5.39. The van der Waals surface area contributed by atoms with Crippen LogP contribution in [0.4, 0.5) is 27.8 Å². The number of terminal acetylenes is 1. The predicted octanol–water partition coefficient (Wildman–Crippen LogP) is 4.89. The summed E-state index contributed by atoms with van der Waals surface area (Å²) in [4.78, 5) is 20.9. The Morgan fingerprint density at radius 3 is 2.55 bits per heavy atom. The number of hydrogen-bond donors (Lipinski definition) is 1. The van der Waals surface area contributed by atoms with Gasteiger partial charge in [0.2, 0.25) is 0 Å². The zero-order valence-electron chi connectivity index (χ0n) is 17.7. The molecule has 1 aromatic carbocycles. The van der Waals surface area contributed by atoms with Gasteiger partial charge in [0.05, 0.1) is 16.5 Å². The Morgan fingerprint density at radius 2 is 1.97 bits per heavy atom. The molecule has 10 heteroatoms. The van der Waals surface area contributed by atoms with E-state index >= 15 is 0 Å². The molecule has 0 unspecified atom stereocenters. The van der Waals surface area contributed by atoms with Crippen LogP contribution in [0.5, 0.6) is 0 Å². The number of nitrogens with one attached hydrogen (secondary N) is 1. The maximum absolute atomic E-state index is 14.9. The number of aromatic nitrogens is 3. The molecule has 1 saturated carbocycles. The van der Waals surface area contributed by atoms with Crippen LogP contribution in [-0.4, -0.2) is 21.0 Å². The largest absolute Gasteiger partial charge is 0.352 e. The van der Waals surface area contributed by atoms with Gasteiger partial charge in [-0.2, -0.15) is 0 Å². The summed E-state index contributed by atoms with van der Waals surface area (Å²) in [6.07, 6.45) is 4.34. The molecule has 1 N–H and O–H groups in total. The van der Waals surface area contributed by atoms with Crippen LogP contribution < -0.4 is 10.9 Å². The number of halogens is 5. The smallest absolute Gasteiger partial charge is 0.273 e. The Balaban J connectivity index is 1.83. The maximum Gasteiger partial charge on any atom is 0.273 e. The lowest BCUT2D eigenvalue weighted by Gasteiger charge is -2.21. The number of alkyl halides is 4. The Bertz CT molecular complexity index is 1340. The molecule has 0 saturated heterocycles. The quantitative estimate of drug-likeness (QED) is 0.419. The molecule has 1 atom stereocenters. The minimum absolute atomic E-state index is 0.0623. The summed E-state index contributed by atoms with van der Waals surface area (Å²) >= 11 is 0. The lowest BCUT2D eigenvalue weighted by molar-refractivity contribution is 0.0136. The van der Waals surface area contributed by atoms with Crippen LogP contribution in [0.15, 0.2) is 35.3 Å². The van der Waals surface area contributed by atoms with Crippen molar-refractivity contribution in [2.24, 2.45) is 0 Å². The number of rotatable bonds is 6. The molecule has 3 aromatic rings. The van der Waals surface area contributed by atoms with Crippen molar-refractivity contribution in [1.82, 2.24) is 14.5 Å². The van der Waals surface area contributed by atoms with E-state index in [1.54, 1.807) is 6.92 Å². The van der Waals surface area contributed by atoms with Gasteiger partial charge >= 0.3 is 0 Å². The first-order valence-corrected chi connectivity index (χ1v) is 10.1. The highest BCUT2D eigenvalue weighted by molar-refractivity contribution is 5.88. The summed E-state index contributed by atoms with van der Waals surface area (Å²) in [5.41, 5.74) is -3.07. The van der Waals surface area contributed by atoms with E-state index < -0.39 is 40.9 Å². The van der Waals surface area contributed by atoms with E-state index in [1.165, 1.54) is 18.3 Å². The standard InChI is InChI=1S/C23H19F5N4O/c1-4-16(13-6-5-7-15(19(13)24)22(3,27)28)31-20-14-11-32(23(8-9-23)21(25)26)18(33)10-17(14)29-12(2)30-20/h1,5-7,10-11,16,21H,8-9H2,2-3H3,(H,29,30,31)/t16-/m1/s1. The molecule has 1 fully saturated rings. The number of aryl methyl sites for hydroxylation is 1. The third-order valence-corrected chi connectivity index (χ3v) is 5.75. The van der Waals surface area contributed by atoms with Crippen molar-refractivity contribution in [2.45, 2.75) is 50.6 Å². The van der Waals surface area contributed by atoms with E-state index in [0.29, 0.717) is 6.92 Å². The molecule has 4 rings (SSSR count). The Morgan fingerprint density at radius 1 is 1.27 bits per heavy atom. The molecular weight excluding hydrogens is 443 g/mol. The van der Waals surface area contributed by atoms with Gasteiger partial charge in [-0.25, -0.2) is 31.9 Å². The van der Waals surface area contributed by atoms with Crippen molar-refractivity contribution in [3.8, 4) is 12.3 Å². The summed E-state index contributed by atoms with van der Waals surface area (Å²) in [5.74, 6) is -1.98. The van der Waals surface area contributed by atoms with Crippen molar-refractivity contribution in [3.63, 3.8) is 0 Å². The van der Waals surface area contributed by atoms with Gasteiger partial charge in [0.1, 0.15) is 29.0 Å². The second-order valence-electron chi connectivity index (χ2n) is 8.15. The second kappa shape index (κ2) is 7.83. The van der Waals surface area contributed by atoms with Gasteiger partial charge in [-0.15, -0.1) is 6.42 Å². The lowest BCUT2D eigenvalue weighted by Crippen LogP contribution is -2.35. The minimum Gasteiger partial charge on any atom is -0.352 e. The number of benzene rings is 1. The first kappa shape index (κ1) is 22.7. The SMILES string of the molecule is C#C[C@@H](Nc1nc(C)nc2cc(=O)n(C3(C(F)F)CC3)cc12)c1cccc(C(C)(F)F)c1F. The highest BCUT2D eigenvalue weighted by Crippen LogP contribution is 2.48. The molecule has 0 aliphatic heterocycles. The van der Waals surface area contributed by atoms with Gasteiger partial charge in [0.15, 0.2) is 0 Å². The van der Waals surface area contributed by atoms with Crippen LogP contribution in [0.2, 0.25) is 0 Å². The van der Waals surface area contributed by atoms with Crippen molar-refractivity contribution in [3.05, 3.63) is 63.6 Å². The van der Waals surface area contributed by atoms with Crippen molar-refractivity contribution < 1.29 is 22.0 Å². The molecule has 1 aliphatic carbocycles. The van der Waals surface area contributed by atoms with Crippen molar-refractivity contribution in [1.29, 1.82) is 0 Å². The fourth-order valence-corrected chi connectivity index (χ4v) is 3.83. The number of pyridine rings is 1. The average Bonchev–Trinajstić information content (AvgIpc) is 3.53. The third-order valence-electron chi connectivity index (χ3n) is 5.75. The van der Waals surface area contributed by atoms with Gasteiger partial charge in [0, 0.05) is 24.8 Å². The van der Waals surface area contributed by atoms with Gasteiger partial charge < -0.3 is 9.88 Å². The fraction of sp³-hybridized carbons (Fsp3) is 0.348. The molecule has 172 valence electrons. The van der Waals surface area contributed by atoms with Crippen LogP contribution in [0.25, 0.3) is 10.9 Å². The summed E-state index contributed by atoms with van der Waals surface area (Å²) in [5, 5.41) is 3.03. The van der Waals surface area contributed by atoms with Crippen LogP contribution >= 0.6 is 0 Å². The molecule has 1 aliphatic rings. The van der Waals surface area contributed by atoms with Gasteiger partial charge in [0.25, 0.3) is 17.9 Å². The molecule has 33 heavy (non-hydrogen) atoms. The number of hydrogen-bond acceptors (Lipinski definition) is 4. The summed E-state index contributed by atoms with van der Waals surface area (Å²) < 4.78 is 70.7. The normalized spacial score (nSPS) is 16.0. The molecule has 0 radical (unpaired) electrons. The van der Waals surface area contributed by atoms with E-state index in [4.69, 9.17) is 6.42 Å². The Labute approximate surface area is 185 Å². The average molecular weight is 462 g/mol.